The molecule has 2 N–H and O–H groups in total. The number of hydrogen-bond donors (Lipinski definition) is 1. The van der Waals surface area contributed by atoms with Crippen LogP contribution in [0, 0.1) is 5.92 Å². The van der Waals surface area contributed by atoms with Crippen molar-refractivity contribution in [3.8, 4) is 5.75 Å². The van der Waals surface area contributed by atoms with Crippen molar-refractivity contribution in [2.45, 2.75) is 38.7 Å². The third-order valence-electron chi connectivity index (χ3n) is 3.98. The van der Waals surface area contributed by atoms with Crippen LogP contribution in [0.1, 0.15) is 32.3 Å². The first kappa shape index (κ1) is 11.5. The van der Waals surface area contributed by atoms with Gasteiger partial charge in [-0.1, -0.05) is 32.0 Å². The van der Waals surface area contributed by atoms with Crippen molar-refractivity contribution in [1.29, 1.82) is 0 Å². The minimum atomic E-state index is -0.0525. The van der Waals surface area contributed by atoms with Gasteiger partial charge in [0.25, 0.3) is 0 Å². The molecule has 0 aromatic heterocycles. The van der Waals surface area contributed by atoms with Crippen LogP contribution in [-0.4, -0.2) is 12.1 Å². The third kappa shape index (κ3) is 1.71. The van der Waals surface area contributed by atoms with E-state index in [1.54, 1.807) is 0 Å². The Morgan fingerprint density at radius 2 is 2.00 bits per heavy atom. The van der Waals surface area contributed by atoms with Crippen molar-refractivity contribution in [1.82, 2.24) is 0 Å². The molecule has 2 heteroatoms. The summed E-state index contributed by atoms with van der Waals surface area (Å²) in [5.74, 6) is 1.49. The second-order valence-electron chi connectivity index (χ2n) is 4.62. The molecule has 1 heterocycles. The fraction of sp³-hybridized carbons (Fsp3) is 0.571. The van der Waals surface area contributed by atoms with Crippen LogP contribution in [0.4, 0.5) is 0 Å². The molecule has 1 aliphatic heterocycles. The predicted octanol–water partition coefficient (Wildman–Crippen LogP) is 2.76. The summed E-state index contributed by atoms with van der Waals surface area (Å²) in [6.45, 7) is 5.09. The zero-order valence-electron chi connectivity index (χ0n) is 10.2. The van der Waals surface area contributed by atoms with Crippen LogP contribution in [-0.2, 0) is 6.42 Å². The minimum absolute atomic E-state index is 0.0525. The van der Waals surface area contributed by atoms with E-state index in [2.05, 4.69) is 32.0 Å². The zero-order chi connectivity index (χ0) is 11.6. The number of benzene rings is 1. The maximum atomic E-state index is 6.24. The van der Waals surface area contributed by atoms with E-state index >= 15 is 0 Å². The highest BCUT2D eigenvalue weighted by atomic mass is 16.5. The topological polar surface area (TPSA) is 35.2 Å². The summed E-state index contributed by atoms with van der Waals surface area (Å²) < 4.78 is 6.24. The Balaban J connectivity index is 2.37. The number of nitrogens with two attached hydrogens (primary N) is 1. The number of rotatable bonds is 3. The van der Waals surface area contributed by atoms with Crippen LogP contribution in [0.2, 0.25) is 0 Å². The Morgan fingerprint density at radius 3 is 2.62 bits per heavy atom. The van der Waals surface area contributed by atoms with E-state index in [1.165, 1.54) is 5.56 Å². The molecule has 0 aliphatic carbocycles. The summed E-state index contributed by atoms with van der Waals surface area (Å²) in [5.41, 5.74) is 7.16. The molecule has 0 amide bonds. The Morgan fingerprint density at radius 1 is 1.31 bits per heavy atom. The number of hydrogen-bond acceptors (Lipinski definition) is 2. The van der Waals surface area contributed by atoms with Gasteiger partial charge in [-0.25, -0.2) is 0 Å². The summed E-state index contributed by atoms with van der Waals surface area (Å²) in [6, 6.07) is 8.33. The first-order chi connectivity index (χ1) is 7.75. The predicted molar refractivity (Wildman–Crippen MR) is 66.6 cm³/mol. The first-order valence-electron chi connectivity index (χ1n) is 6.22. The van der Waals surface area contributed by atoms with Gasteiger partial charge in [0.2, 0.25) is 0 Å². The number of para-hydroxylation sites is 1. The van der Waals surface area contributed by atoms with Crippen LogP contribution in [0.3, 0.4) is 0 Å². The molecule has 1 aromatic carbocycles. The van der Waals surface area contributed by atoms with Gasteiger partial charge in [0.05, 0.1) is 0 Å². The molecule has 0 saturated carbocycles. The van der Waals surface area contributed by atoms with Crippen molar-refractivity contribution in [3.05, 3.63) is 29.8 Å². The Labute approximate surface area is 97.8 Å². The van der Waals surface area contributed by atoms with Gasteiger partial charge in [0, 0.05) is 5.92 Å². The van der Waals surface area contributed by atoms with Crippen LogP contribution in [0.25, 0.3) is 0 Å². The summed E-state index contributed by atoms with van der Waals surface area (Å²) in [4.78, 5) is 0. The van der Waals surface area contributed by atoms with Gasteiger partial charge in [-0.2, -0.15) is 0 Å². The van der Waals surface area contributed by atoms with E-state index in [4.69, 9.17) is 10.5 Å². The Kier molecular flexibility index (Phi) is 3.20. The van der Waals surface area contributed by atoms with Crippen molar-refractivity contribution in [3.63, 3.8) is 0 Å². The maximum absolute atomic E-state index is 6.24. The van der Waals surface area contributed by atoms with Gasteiger partial charge in [0.1, 0.15) is 11.4 Å². The second kappa shape index (κ2) is 4.46. The first-order valence-corrected chi connectivity index (χ1v) is 6.22. The normalized spacial score (nSPS) is 22.3. The van der Waals surface area contributed by atoms with E-state index < -0.39 is 0 Å². The van der Waals surface area contributed by atoms with E-state index in [9.17, 15) is 0 Å². The average Bonchev–Trinajstić information content (AvgIpc) is 2.36. The van der Waals surface area contributed by atoms with Crippen molar-refractivity contribution in [2.24, 2.45) is 11.7 Å². The molecular weight excluding hydrogens is 198 g/mol. The molecule has 1 aromatic rings. The fourth-order valence-electron chi connectivity index (χ4n) is 2.80. The lowest BCUT2D eigenvalue weighted by Crippen LogP contribution is -2.49. The molecule has 0 radical (unpaired) electrons. The fourth-order valence-corrected chi connectivity index (χ4v) is 2.80. The molecule has 1 unspecified atom stereocenters. The summed E-state index contributed by atoms with van der Waals surface area (Å²) in [6.07, 6.45) is 3.10. The lowest BCUT2D eigenvalue weighted by Gasteiger charge is -2.43. The molecule has 16 heavy (non-hydrogen) atoms. The molecule has 88 valence electrons. The monoisotopic (exact) mass is 219 g/mol. The van der Waals surface area contributed by atoms with Gasteiger partial charge >= 0.3 is 0 Å². The van der Waals surface area contributed by atoms with Crippen LogP contribution < -0.4 is 10.5 Å². The van der Waals surface area contributed by atoms with E-state index in [0.717, 1.165) is 25.0 Å². The highest BCUT2D eigenvalue weighted by molar-refractivity contribution is 5.36. The molecule has 1 aliphatic rings. The molecule has 0 spiro atoms. The lowest BCUT2D eigenvalue weighted by molar-refractivity contribution is -0.0110. The summed E-state index contributed by atoms with van der Waals surface area (Å²) in [7, 11) is 0. The zero-order valence-corrected chi connectivity index (χ0v) is 10.2. The number of ether oxygens (including phenoxy) is 1. The molecule has 0 fully saturated rings. The minimum Gasteiger partial charge on any atom is -0.487 e. The van der Waals surface area contributed by atoms with Crippen molar-refractivity contribution < 1.29 is 4.74 Å². The highest BCUT2D eigenvalue weighted by Crippen LogP contribution is 2.40. The molecule has 2 nitrogen and oxygen atoms in total. The SMILES string of the molecule is CCC1(CC)Oc2ccccc2CC1CN. The van der Waals surface area contributed by atoms with Gasteiger partial charge in [-0.15, -0.1) is 0 Å². The molecule has 2 rings (SSSR count). The smallest absolute Gasteiger partial charge is 0.123 e. The van der Waals surface area contributed by atoms with E-state index in [-0.39, 0.29) is 5.60 Å². The van der Waals surface area contributed by atoms with E-state index in [0.29, 0.717) is 12.5 Å². The second-order valence-corrected chi connectivity index (χ2v) is 4.62. The highest BCUT2D eigenvalue weighted by Gasteiger charge is 2.40. The Hall–Kier alpha value is -1.02. The number of fused-ring (bicyclic) bond motifs is 1. The standard InChI is InChI=1S/C14H21NO/c1-3-14(4-2)12(10-15)9-11-7-5-6-8-13(11)16-14/h5-8,12H,3-4,9-10,15H2,1-2H3. The lowest BCUT2D eigenvalue weighted by atomic mass is 9.77. The van der Waals surface area contributed by atoms with Crippen molar-refractivity contribution >= 4 is 0 Å². The summed E-state index contributed by atoms with van der Waals surface area (Å²) >= 11 is 0. The van der Waals surface area contributed by atoms with Crippen molar-refractivity contribution in [2.75, 3.05) is 6.54 Å². The third-order valence-corrected chi connectivity index (χ3v) is 3.98. The molecule has 1 atom stereocenters. The maximum Gasteiger partial charge on any atom is 0.123 e. The van der Waals surface area contributed by atoms with Crippen LogP contribution in [0.5, 0.6) is 5.75 Å². The van der Waals surface area contributed by atoms with Gasteiger partial charge in [0.15, 0.2) is 0 Å². The van der Waals surface area contributed by atoms with Crippen LogP contribution >= 0.6 is 0 Å². The molecule has 0 saturated heterocycles. The largest absolute Gasteiger partial charge is 0.487 e. The molecular formula is C14H21NO. The van der Waals surface area contributed by atoms with Crippen LogP contribution in [0.15, 0.2) is 24.3 Å². The van der Waals surface area contributed by atoms with E-state index in [1.807, 2.05) is 6.07 Å². The quantitative estimate of drug-likeness (QED) is 0.848. The molecule has 0 bridgehead atoms. The average molecular weight is 219 g/mol. The van der Waals surface area contributed by atoms with Gasteiger partial charge in [-0.05, 0) is 37.4 Å². The van der Waals surface area contributed by atoms with Gasteiger partial charge < -0.3 is 10.5 Å². The summed E-state index contributed by atoms with van der Waals surface area (Å²) in [5, 5.41) is 0. The Bertz CT molecular complexity index is 358. The van der Waals surface area contributed by atoms with Gasteiger partial charge in [-0.3, -0.25) is 0 Å².